The molecule has 10 heteroatoms. The molecule has 1 N–H and O–H groups in total. The third kappa shape index (κ3) is 4.76. The predicted octanol–water partition coefficient (Wildman–Crippen LogP) is 5.57. The van der Waals surface area contributed by atoms with Crippen molar-refractivity contribution in [3.63, 3.8) is 0 Å². The number of Topliss-reactive ketones (excluding diaryl/α,β-unsaturated/α-hetero) is 1. The van der Waals surface area contributed by atoms with E-state index in [-0.39, 0.29) is 22.2 Å². The molecule has 0 spiro atoms. The van der Waals surface area contributed by atoms with E-state index in [1.807, 2.05) is 31.2 Å². The molecule has 190 valence electrons. The monoisotopic (exact) mass is 527 g/mol. The number of nitrogens with zero attached hydrogens (tertiary/aromatic N) is 3. The number of hydrogen-bond donors (Lipinski definition) is 1. The first-order valence-electron chi connectivity index (χ1n) is 11.6. The third-order valence-corrected chi connectivity index (χ3v) is 6.88. The summed E-state index contributed by atoms with van der Waals surface area (Å²) in [5, 5.41) is 24.3. The number of aliphatic hydroxyl groups is 1. The number of carbonyl (C=O) groups is 2. The van der Waals surface area contributed by atoms with Gasteiger partial charge in [0.25, 0.3) is 11.5 Å². The van der Waals surface area contributed by atoms with Crippen LogP contribution in [-0.2, 0) is 16.2 Å². The number of carbonyl (C=O) groups excluding carboxylic acids is 2. The number of nitro groups is 1. The molecule has 0 saturated carbocycles. The molecule has 1 unspecified atom stereocenters. The zero-order chi connectivity index (χ0) is 26.8. The molecule has 0 aliphatic carbocycles. The van der Waals surface area contributed by atoms with Crippen molar-refractivity contribution < 1.29 is 24.4 Å². The normalized spacial score (nSPS) is 16.6. The quantitative estimate of drug-likeness (QED) is 0.110. The van der Waals surface area contributed by atoms with E-state index in [0.717, 1.165) is 22.5 Å². The smallest absolute Gasteiger partial charge is 0.301 e. The average molecular weight is 528 g/mol. The summed E-state index contributed by atoms with van der Waals surface area (Å²) in [6.07, 6.45) is 1.50. The SMILES string of the molecule is Cc1cccc(COc2ccc(/C(O)=C3/C(=O)C(=O)N(c4nccs4)C3c3ccc([N+](=O)[O-])cc3)cc2)c1. The number of anilines is 1. The maximum Gasteiger partial charge on any atom is 0.301 e. The van der Waals surface area contributed by atoms with Gasteiger partial charge in [-0.3, -0.25) is 24.6 Å². The Kier molecular flexibility index (Phi) is 6.71. The van der Waals surface area contributed by atoms with Crippen LogP contribution in [0, 0.1) is 17.0 Å². The highest BCUT2D eigenvalue weighted by molar-refractivity contribution is 7.14. The van der Waals surface area contributed by atoms with E-state index < -0.39 is 22.7 Å². The summed E-state index contributed by atoms with van der Waals surface area (Å²) in [4.78, 5) is 42.2. The standard InChI is InChI=1S/C28H21N3O6S/c1-17-3-2-4-18(15-17)16-37-22-11-7-20(8-12-22)25(32)23-24(19-5-9-21(10-6-19)31(35)36)30(27(34)26(23)33)28-29-13-14-38-28/h2-15,24,32H,16H2,1H3/b25-23-. The largest absolute Gasteiger partial charge is 0.507 e. The van der Waals surface area contributed by atoms with Crippen molar-refractivity contribution in [3.05, 3.63) is 122 Å². The first-order chi connectivity index (χ1) is 18.3. The Morgan fingerprint density at radius 2 is 1.84 bits per heavy atom. The summed E-state index contributed by atoms with van der Waals surface area (Å²) in [5.74, 6) is -1.52. The van der Waals surface area contributed by atoms with Crippen molar-refractivity contribution in [2.75, 3.05) is 4.90 Å². The molecule has 2 heterocycles. The minimum absolute atomic E-state index is 0.132. The Morgan fingerprint density at radius 1 is 1.11 bits per heavy atom. The van der Waals surface area contributed by atoms with E-state index in [4.69, 9.17) is 4.74 Å². The molecule has 1 fully saturated rings. The molecule has 0 radical (unpaired) electrons. The Balaban J connectivity index is 1.50. The van der Waals surface area contributed by atoms with Crippen LogP contribution in [0.1, 0.15) is 28.3 Å². The Bertz CT molecular complexity index is 1550. The van der Waals surface area contributed by atoms with E-state index >= 15 is 0 Å². The molecule has 1 aromatic heterocycles. The van der Waals surface area contributed by atoms with Gasteiger partial charge in [-0.1, -0.05) is 29.8 Å². The van der Waals surface area contributed by atoms with Crippen LogP contribution in [0.3, 0.4) is 0 Å². The predicted molar refractivity (Wildman–Crippen MR) is 142 cm³/mol. The summed E-state index contributed by atoms with van der Waals surface area (Å²) >= 11 is 1.16. The number of hydrogen-bond acceptors (Lipinski definition) is 8. The lowest BCUT2D eigenvalue weighted by atomic mass is 9.95. The van der Waals surface area contributed by atoms with Crippen molar-refractivity contribution in [3.8, 4) is 5.75 Å². The number of rotatable bonds is 7. The van der Waals surface area contributed by atoms with Gasteiger partial charge in [-0.2, -0.15) is 0 Å². The molecule has 3 aromatic carbocycles. The van der Waals surface area contributed by atoms with E-state index in [2.05, 4.69) is 4.98 Å². The molecule has 9 nitrogen and oxygen atoms in total. The van der Waals surface area contributed by atoms with Crippen LogP contribution < -0.4 is 9.64 Å². The van der Waals surface area contributed by atoms with Crippen molar-refractivity contribution in [1.82, 2.24) is 4.98 Å². The zero-order valence-electron chi connectivity index (χ0n) is 20.1. The third-order valence-electron chi connectivity index (χ3n) is 6.11. The number of benzene rings is 3. The van der Waals surface area contributed by atoms with Crippen LogP contribution in [0.4, 0.5) is 10.8 Å². The van der Waals surface area contributed by atoms with Gasteiger partial charge in [0.1, 0.15) is 18.1 Å². The van der Waals surface area contributed by atoms with Gasteiger partial charge in [-0.15, -0.1) is 11.3 Å². The Labute approximate surface area is 221 Å². The van der Waals surface area contributed by atoms with Gasteiger partial charge in [0, 0.05) is 29.3 Å². The lowest BCUT2D eigenvalue weighted by Gasteiger charge is -2.22. The minimum Gasteiger partial charge on any atom is -0.507 e. The number of amides is 1. The van der Waals surface area contributed by atoms with Crippen molar-refractivity contribution in [1.29, 1.82) is 0 Å². The van der Waals surface area contributed by atoms with Crippen LogP contribution >= 0.6 is 11.3 Å². The summed E-state index contributed by atoms with van der Waals surface area (Å²) in [7, 11) is 0. The van der Waals surface area contributed by atoms with Crippen LogP contribution in [0.5, 0.6) is 5.75 Å². The van der Waals surface area contributed by atoms with Gasteiger partial charge in [0.05, 0.1) is 16.5 Å². The molecule has 38 heavy (non-hydrogen) atoms. The number of thiazole rings is 1. The highest BCUT2D eigenvalue weighted by Crippen LogP contribution is 2.43. The van der Waals surface area contributed by atoms with Gasteiger partial charge in [0.2, 0.25) is 0 Å². The lowest BCUT2D eigenvalue weighted by molar-refractivity contribution is -0.384. The molecule has 1 saturated heterocycles. The molecule has 1 atom stereocenters. The Hall–Kier alpha value is -4.83. The second-order valence-electron chi connectivity index (χ2n) is 8.63. The second-order valence-corrected chi connectivity index (χ2v) is 9.51. The first kappa shape index (κ1) is 24.8. The van der Waals surface area contributed by atoms with E-state index in [9.17, 15) is 24.8 Å². The number of aromatic nitrogens is 1. The molecule has 1 amide bonds. The average Bonchev–Trinajstić information content (AvgIpc) is 3.54. The minimum atomic E-state index is -1.01. The number of aryl methyl sites for hydroxylation is 1. The van der Waals surface area contributed by atoms with Crippen LogP contribution in [0.25, 0.3) is 5.76 Å². The number of non-ortho nitro benzene ring substituents is 1. The number of aliphatic hydroxyl groups excluding tert-OH is 1. The fraction of sp³-hybridized carbons (Fsp3) is 0.107. The fourth-order valence-electron chi connectivity index (χ4n) is 4.29. The van der Waals surface area contributed by atoms with Crippen LogP contribution in [0.15, 0.2) is 89.9 Å². The summed E-state index contributed by atoms with van der Waals surface area (Å²) in [5.41, 5.74) is 2.61. The lowest BCUT2D eigenvalue weighted by Crippen LogP contribution is -2.29. The fourth-order valence-corrected chi connectivity index (χ4v) is 4.96. The molecule has 1 aliphatic rings. The first-order valence-corrected chi connectivity index (χ1v) is 12.4. The maximum absolute atomic E-state index is 13.2. The second kappa shape index (κ2) is 10.3. The summed E-state index contributed by atoms with van der Waals surface area (Å²) < 4.78 is 5.84. The van der Waals surface area contributed by atoms with Gasteiger partial charge in [0.15, 0.2) is 5.13 Å². The zero-order valence-corrected chi connectivity index (χ0v) is 20.9. The molecular weight excluding hydrogens is 506 g/mol. The van der Waals surface area contributed by atoms with Crippen LogP contribution in [0.2, 0.25) is 0 Å². The highest BCUT2D eigenvalue weighted by Gasteiger charge is 2.48. The molecule has 5 rings (SSSR count). The Morgan fingerprint density at radius 3 is 2.47 bits per heavy atom. The van der Waals surface area contributed by atoms with E-state index in [1.165, 1.54) is 35.4 Å². The van der Waals surface area contributed by atoms with E-state index in [0.29, 0.717) is 23.5 Å². The van der Waals surface area contributed by atoms with Gasteiger partial charge < -0.3 is 9.84 Å². The molecule has 0 bridgehead atoms. The van der Waals surface area contributed by atoms with Crippen LogP contribution in [-0.4, -0.2) is 26.7 Å². The topological polar surface area (TPSA) is 123 Å². The van der Waals surface area contributed by atoms with E-state index in [1.54, 1.807) is 29.6 Å². The van der Waals surface area contributed by atoms with Crippen molar-refractivity contribution >= 4 is 39.6 Å². The van der Waals surface area contributed by atoms with Crippen molar-refractivity contribution in [2.45, 2.75) is 19.6 Å². The van der Waals surface area contributed by atoms with Gasteiger partial charge >= 0.3 is 5.91 Å². The highest BCUT2D eigenvalue weighted by atomic mass is 32.1. The molecular formula is C28H21N3O6S. The number of ether oxygens (including phenoxy) is 1. The summed E-state index contributed by atoms with van der Waals surface area (Å²) in [6, 6.07) is 19.0. The van der Waals surface area contributed by atoms with Crippen molar-refractivity contribution in [2.24, 2.45) is 0 Å². The molecule has 4 aromatic rings. The van der Waals surface area contributed by atoms with Gasteiger partial charge in [-0.05, 0) is 54.4 Å². The summed E-state index contributed by atoms with van der Waals surface area (Å²) in [6.45, 7) is 2.37. The number of nitro benzene ring substituents is 1. The molecule has 1 aliphatic heterocycles. The number of ketones is 1. The maximum atomic E-state index is 13.2. The van der Waals surface area contributed by atoms with Gasteiger partial charge in [-0.25, -0.2) is 4.98 Å².